The molecule has 0 amide bonds. The summed E-state index contributed by atoms with van der Waals surface area (Å²) in [5.74, 6) is 0. The van der Waals surface area contributed by atoms with Gasteiger partial charge in [0.2, 0.25) is 0 Å². The van der Waals surface area contributed by atoms with Gasteiger partial charge in [-0.25, -0.2) is 0 Å². The van der Waals surface area contributed by atoms with E-state index in [4.69, 9.17) is 16.6 Å². The zero-order valence-electron chi connectivity index (χ0n) is 6.57. The summed E-state index contributed by atoms with van der Waals surface area (Å²) in [5, 5.41) is 27.5. The van der Waals surface area contributed by atoms with E-state index < -0.39 is 17.9 Å². The third kappa shape index (κ3) is 2.11. The molecule has 0 aromatic carbocycles. The molecule has 11 heavy (non-hydrogen) atoms. The lowest BCUT2D eigenvalue weighted by atomic mass is 9.93. The second-order valence-electron chi connectivity index (χ2n) is 2.56. The normalized spacial score (nSPS) is 22.4. The van der Waals surface area contributed by atoms with Crippen molar-refractivity contribution in [2.24, 2.45) is 11.5 Å². The first-order chi connectivity index (χ1) is 4.99. The summed E-state index contributed by atoms with van der Waals surface area (Å²) < 4.78 is 0. The molecule has 0 saturated carbocycles. The molecule has 0 spiro atoms. The van der Waals surface area contributed by atoms with Crippen LogP contribution in [0.25, 0.3) is 0 Å². The Hall–Kier alpha value is -0.200. The van der Waals surface area contributed by atoms with E-state index in [0.717, 1.165) is 0 Å². The summed E-state index contributed by atoms with van der Waals surface area (Å²) in [7, 11) is 0. The summed E-state index contributed by atoms with van der Waals surface area (Å²) in [6.07, 6.45) is -2.31. The van der Waals surface area contributed by atoms with Crippen molar-refractivity contribution in [2.75, 3.05) is 6.54 Å². The maximum absolute atomic E-state index is 9.42. The fourth-order valence-electron chi connectivity index (χ4n) is 0.807. The number of aliphatic hydroxyl groups excluding tert-OH is 2. The molecule has 0 heterocycles. The van der Waals surface area contributed by atoms with Gasteiger partial charge in [0.1, 0.15) is 11.8 Å². The van der Waals surface area contributed by atoms with Gasteiger partial charge >= 0.3 is 0 Å². The number of hydrogen-bond acceptors (Lipinski definition) is 5. The van der Waals surface area contributed by atoms with E-state index in [1.165, 1.54) is 0 Å². The molecule has 0 aliphatic rings. The zero-order chi connectivity index (χ0) is 9.07. The summed E-state index contributed by atoms with van der Waals surface area (Å²) >= 11 is 0. The molecular formula is C6H16N2O3. The van der Waals surface area contributed by atoms with Crippen molar-refractivity contribution in [3.8, 4) is 0 Å². The van der Waals surface area contributed by atoms with Crippen LogP contribution in [0.15, 0.2) is 0 Å². The predicted molar refractivity (Wildman–Crippen MR) is 40.5 cm³/mol. The summed E-state index contributed by atoms with van der Waals surface area (Å²) in [5.41, 5.74) is 8.37. The monoisotopic (exact) mass is 164 g/mol. The molecule has 0 aliphatic carbocycles. The molecule has 5 nitrogen and oxygen atoms in total. The second kappa shape index (κ2) is 3.99. The Balaban J connectivity index is 4.32. The lowest BCUT2D eigenvalue weighted by Crippen LogP contribution is -2.60. The number of aliphatic hydroxyl groups is 3. The molecule has 0 saturated heterocycles. The van der Waals surface area contributed by atoms with Gasteiger partial charge in [0.25, 0.3) is 0 Å². The van der Waals surface area contributed by atoms with Crippen molar-refractivity contribution in [3.05, 3.63) is 0 Å². The van der Waals surface area contributed by atoms with Crippen molar-refractivity contribution in [2.45, 2.75) is 31.3 Å². The van der Waals surface area contributed by atoms with Crippen LogP contribution in [0, 0.1) is 0 Å². The minimum atomic E-state index is -1.78. The molecule has 68 valence electrons. The lowest BCUT2D eigenvalue weighted by molar-refractivity contribution is -0.138. The number of nitrogens with two attached hydrogens (primary N) is 2. The number of hydrogen-bond donors (Lipinski definition) is 5. The molecule has 7 N–H and O–H groups in total. The van der Waals surface area contributed by atoms with Crippen LogP contribution in [0.4, 0.5) is 0 Å². The highest BCUT2D eigenvalue weighted by Gasteiger charge is 2.38. The maximum atomic E-state index is 9.42. The van der Waals surface area contributed by atoms with E-state index in [-0.39, 0.29) is 6.54 Å². The Morgan fingerprint density at radius 3 is 2.00 bits per heavy atom. The summed E-state index contributed by atoms with van der Waals surface area (Å²) in [4.78, 5) is 0. The van der Waals surface area contributed by atoms with E-state index in [0.29, 0.717) is 6.42 Å². The third-order valence-electron chi connectivity index (χ3n) is 1.80. The van der Waals surface area contributed by atoms with Gasteiger partial charge in [-0.05, 0) is 6.42 Å². The number of rotatable bonds is 4. The fraction of sp³-hybridized carbons (Fsp3) is 1.00. The molecule has 0 aromatic rings. The van der Waals surface area contributed by atoms with Gasteiger partial charge < -0.3 is 26.8 Å². The lowest BCUT2D eigenvalue weighted by Gasteiger charge is -2.33. The average molecular weight is 164 g/mol. The van der Waals surface area contributed by atoms with Crippen LogP contribution in [0.5, 0.6) is 0 Å². The molecular weight excluding hydrogens is 148 g/mol. The van der Waals surface area contributed by atoms with E-state index >= 15 is 0 Å². The first-order valence-corrected chi connectivity index (χ1v) is 3.53. The van der Waals surface area contributed by atoms with Gasteiger partial charge in [-0.3, -0.25) is 0 Å². The predicted octanol–water partition coefficient (Wildman–Crippen LogP) is -2.28. The molecule has 0 aromatic heterocycles. The Morgan fingerprint density at radius 2 is 1.91 bits per heavy atom. The molecule has 0 aliphatic heterocycles. The first-order valence-electron chi connectivity index (χ1n) is 3.53. The van der Waals surface area contributed by atoms with E-state index in [2.05, 4.69) is 0 Å². The zero-order valence-corrected chi connectivity index (χ0v) is 6.57. The van der Waals surface area contributed by atoms with E-state index in [1.807, 2.05) is 0 Å². The van der Waals surface area contributed by atoms with E-state index in [1.54, 1.807) is 6.92 Å². The van der Waals surface area contributed by atoms with Gasteiger partial charge in [0, 0.05) is 6.54 Å². The van der Waals surface area contributed by atoms with Crippen molar-refractivity contribution in [3.63, 3.8) is 0 Å². The maximum Gasteiger partial charge on any atom is 0.141 e. The molecule has 5 heteroatoms. The summed E-state index contributed by atoms with van der Waals surface area (Å²) in [6.45, 7) is 1.40. The van der Waals surface area contributed by atoms with Crippen molar-refractivity contribution >= 4 is 0 Å². The Kier molecular flexibility index (Phi) is 3.91. The standard InChI is InChI=1S/C6H16N2O3/c1-2-4(9)6(11,3-7)5(8)10/h4-5,9-11H,2-3,7-8H2,1H3. The Morgan fingerprint density at radius 1 is 1.45 bits per heavy atom. The van der Waals surface area contributed by atoms with Crippen LogP contribution in [0.3, 0.4) is 0 Å². The van der Waals surface area contributed by atoms with Crippen molar-refractivity contribution in [1.82, 2.24) is 0 Å². The average Bonchev–Trinajstić information content (AvgIpc) is 2.01. The van der Waals surface area contributed by atoms with E-state index in [9.17, 15) is 10.2 Å². The molecule has 0 bridgehead atoms. The highest BCUT2D eigenvalue weighted by atomic mass is 16.4. The van der Waals surface area contributed by atoms with Crippen LogP contribution < -0.4 is 11.5 Å². The second-order valence-corrected chi connectivity index (χ2v) is 2.56. The van der Waals surface area contributed by atoms with Crippen LogP contribution >= 0.6 is 0 Å². The molecule has 3 unspecified atom stereocenters. The van der Waals surface area contributed by atoms with Gasteiger partial charge in [0.15, 0.2) is 0 Å². The van der Waals surface area contributed by atoms with Crippen LogP contribution in [-0.4, -0.2) is 39.8 Å². The van der Waals surface area contributed by atoms with Crippen LogP contribution in [0.1, 0.15) is 13.3 Å². The van der Waals surface area contributed by atoms with Crippen molar-refractivity contribution in [1.29, 1.82) is 0 Å². The van der Waals surface area contributed by atoms with Gasteiger partial charge in [0.05, 0.1) is 6.10 Å². The quantitative estimate of drug-likeness (QED) is 0.301. The third-order valence-corrected chi connectivity index (χ3v) is 1.80. The highest BCUT2D eigenvalue weighted by molar-refractivity contribution is 4.90. The summed E-state index contributed by atoms with van der Waals surface area (Å²) in [6, 6.07) is 0. The van der Waals surface area contributed by atoms with Crippen LogP contribution in [-0.2, 0) is 0 Å². The van der Waals surface area contributed by atoms with Gasteiger partial charge in [-0.2, -0.15) is 0 Å². The fourth-order valence-corrected chi connectivity index (χ4v) is 0.807. The van der Waals surface area contributed by atoms with Gasteiger partial charge in [-0.15, -0.1) is 0 Å². The molecule has 3 atom stereocenters. The topological polar surface area (TPSA) is 113 Å². The first kappa shape index (κ1) is 10.8. The minimum Gasteiger partial charge on any atom is -0.390 e. The Labute approximate surface area is 65.6 Å². The Bertz CT molecular complexity index is 120. The van der Waals surface area contributed by atoms with Gasteiger partial charge in [-0.1, -0.05) is 6.92 Å². The molecule has 0 rings (SSSR count). The SMILES string of the molecule is CCC(O)C(O)(CN)C(N)O. The van der Waals surface area contributed by atoms with Crippen molar-refractivity contribution < 1.29 is 15.3 Å². The smallest absolute Gasteiger partial charge is 0.141 e. The van der Waals surface area contributed by atoms with Crippen LogP contribution in [0.2, 0.25) is 0 Å². The molecule has 0 radical (unpaired) electrons. The minimum absolute atomic E-state index is 0.264. The largest absolute Gasteiger partial charge is 0.390 e. The highest BCUT2D eigenvalue weighted by Crippen LogP contribution is 2.14. The molecule has 0 fully saturated rings.